The van der Waals surface area contributed by atoms with Gasteiger partial charge in [-0.3, -0.25) is 4.90 Å². The highest BCUT2D eigenvalue weighted by atomic mass is 35.5. The number of likely N-dealkylation sites (tertiary alicyclic amines) is 1. The number of β-amino-alcohol motifs (C(OH)–C–C–N with tert-alkyl or cyclic N) is 1. The minimum absolute atomic E-state index is 0.146. The minimum Gasteiger partial charge on any atom is -0.487 e. The fourth-order valence-electron chi connectivity index (χ4n) is 3.29. The molecule has 0 aliphatic carbocycles. The van der Waals surface area contributed by atoms with Gasteiger partial charge in [0.1, 0.15) is 24.6 Å². The third-order valence-corrected chi connectivity index (χ3v) is 5.13. The molecular weight excluding hydrogens is 370 g/mol. The van der Waals surface area contributed by atoms with Gasteiger partial charge in [-0.2, -0.15) is 0 Å². The Balaban J connectivity index is 1.66. The van der Waals surface area contributed by atoms with Gasteiger partial charge in [0.05, 0.1) is 23.8 Å². The summed E-state index contributed by atoms with van der Waals surface area (Å²) >= 11 is 6.33. The Morgan fingerprint density at radius 1 is 1.00 bits per heavy atom. The predicted molar refractivity (Wildman–Crippen MR) is 102 cm³/mol. The van der Waals surface area contributed by atoms with Crippen molar-refractivity contribution < 1.29 is 25.2 Å². The Labute approximate surface area is 163 Å². The van der Waals surface area contributed by atoms with E-state index in [1.54, 1.807) is 17.0 Å². The number of piperidine rings is 1. The second-order valence-corrected chi connectivity index (χ2v) is 7.17. The molecule has 1 aliphatic heterocycles. The van der Waals surface area contributed by atoms with Crippen molar-refractivity contribution in [2.75, 3.05) is 13.2 Å². The van der Waals surface area contributed by atoms with Gasteiger partial charge in [-0.25, -0.2) is 0 Å². The number of halogens is 1. The van der Waals surface area contributed by atoms with Crippen molar-refractivity contribution in [3.63, 3.8) is 0 Å². The van der Waals surface area contributed by atoms with Gasteiger partial charge in [-0.1, -0.05) is 48.0 Å². The number of benzene rings is 2. The van der Waals surface area contributed by atoms with Crippen LogP contribution in [0.1, 0.15) is 11.1 Å². The molecule has 1 aliphatic rings. The molecule has 7 heteroatoms. The number of hydrogen-bond acceptors (Lipinski definition) is 6. The van der Waals surface area contributed by atoms with Crippen molar-refractivity contribution in [3.05, 3.63) is 64.7 Å². The molecule has 2 aromatic carbocycles. The van der Waals surface area contributed by atoms with E-state index in [2.05, 4.69) is 0 Å². The number of hydrogen-bond donors (Lipinski definition) is 4. The molecule has 0 bridgehead atoms. The summed E-state index contributed by atoms with van der Waals surface area (Å²) in [5.41, 5.74) is 1.89. The lowest BCUT2D eigenvalue weighted by Gasteiger charge is -2.43. The Morgan fingerprint density at radius 3 is 2.41 bits per heavy atom. The monoisotopic (exact) mass is 393 g/mol. The largest absolute Gasteiger partial charge is 0.487 e. The van der Waals surface area contributed by atoms with Crippen molar-refractivity contribution in [2.24, 2.45) is 0 Å². The first-order valence-electron chi connectivity index (χ1n) is 8.84. The third kappa shape index (κ3) is 4.79. The lowest BCUT2D eigenvalue weighted by atomic mass is 9.94. The lowest BCUT2D eigenvalue weighted by Crippen LogP contribution is -2.62. The van der Waals surface area contributed by atoms with Crippen molar-refractivity contribution in [1.82, 2.24) is 4.90 Å². The fraction of sp³-hybridized carbons (Fsp3) is 0.400. The summed E-state index contributed by atoms with van der Waals surface area (Å²) in [7, 11) is 0. The van der Waals surface area contributed by atoms with E-state index in [0.29, 0.717) is 23.9 Å². The Hall–Kier alpha value is -1.67. The van der Waals surface area contributed by atoms with Crippen molar-refractivity contribution >= 4 is 11.6 Å². The van der Waals surface area contributed by atoms with Crippen LogP contribution in [0.5, 0.6) is 5.75 Å². The molecule has 0 unspecified atom stereocenters. The van der Waals surface area contributed by atoms with Crippen LogP contribution in [0.3, 0.4) is 0 Å². The van der Waals surface area contributed by atoms with Crippen LogP contribution in [0.15, 0.2) is 48.5 Å². The number of nitrogens with zero attached hydrogens (tertiary/aromatic N) is 1. The maximum atomic E-state index is 10.1. The van der Waals surface area contributed by atoms with E-state index >= 15 is 0 Å². The minimum atomic E-state index is -1.27. The molecule has 146 valence electrons. The van der Waals surface area contributed by atoms with Crippen molar-refractivity contribution in [1.29, 1.82) is 0 Å². The molecule has 4 N–H and O–H groups in total. The Morgan fingerprint density at radius 2 is 1.74 bits per heavy atom. The highest BCUT2D eigenvalue weighted by Gasteiger charge is 2.40. The maximum Gasteiger partial charge on any atom is 0.138 e. The van der Waals surface area contributed by atoms with E-state index in [1.807, 2.05) is 36.4 Å². The molecule has 0 saturated carbocycles. The molecule has 2 aromatic rings. The molecule has 1 saturated heterocycles. The van der Waals surface area contributed by atoms with Crippen molar-refractivity contribution in [2.45, 2.75) is 37.5 Å². The number of ether oxygens (including phenoxy) is 1. The van der Waals surface area contributed by atoms with E-state index in [0.717, 1.165) is 11.1 Å². The standard InChI is InChI=1S/C20H24ClNO5/c21-15-8-14(6-7-18(15)27-12-13-4-2-1-3-5-13)9-22-10-17(24)20(26)19(25)16(22)11-23/h1-8,16-17,19-20,23-26H,9-12H2/t16-,17-,19+,20+/m0/s1. The molecule has 1 heterocycles. The summed E-state index contributed by atoms with van der Waals surface area (Å²) in [5, 5.41) is 39.8. The van der Waals surface area contributed by atoms with Gasteiger partial charge in [0.25, 0.3) is 0 Å². The number of rotatable bonds is 6. The summed E-state index contributed by atoms with van der Waals surface area (Å²) < 4.78 is 5.76. The first kappa shape index (κ1) is 20.1. The van der Waals surface area contributed by atoms with E-state index in [-0.39, 0.29) is 13.2 Å². The second kappa shape index (κ2) is 9.01. The molecule has 0 amide bonds. The quantitative estimate of drug-likeness (QED) is 0.589. The molecule has 27 heavy (non-hydrogen) atoms. The zero-order valence-electron chi connectivity index (χ0n) is 14.8. The first-order chi connectivity index (χ1) is 13.0. The van der Waals surface area contributed by atoms with Gasteiger partial charge < -0.3 is 25.2 Å². The third-order valence-electron chi connectivity index (χ3n) is 4.84. The Bertz CT molecular complexity index is 744. The fourth-order valence-corrected chi connectivity index (χ4v) is 3.55. The van der Waals surface area contributed by atoms with E-state index < -0.39 is 24.4 Å². The first-order valence-corrected chi connectivity index (χ1v) is 9.21. The van der Waals surface area contributed by atoms with Crippen LogP contribution in [0, 0.1) is 0 Å². The second-order valence-electron chi connectivity index (χ2n) is 6.77. The van der Waals surface area contributed by atoms with E-state index in [1.165, 1.54) is 0 Å². The highest BCUT2D eigenvalue weighted by Crippen LogP contribution is 2.28. The maximum absolute atomic E-state index is 10.1. The molecule has 0 spiro atoms. The van der Waals surface area contributed by atoms with Gasteiger partial charge in [0, 0.05) is 13.1 Å². The Kier molecular flexibility index (Phi) is 6.70. The summed E-state index contributed by atoms with van der Waals surface area (Å²) in [5.74, 6) is 0.567. The average Bonchev–Trinajstić information content (AvgIpc) is 2.67. The van der Waals surface area contributed by atoms with Gasteiger partial charge in [-0.05, 0) is 23.3 Å². The van der Waals surface area contributed by atoms with Gasteiger partial charge >= 0.3 is 0 Å². The molecule has 6 nitrogen and oxygen atoms in total. The van der Waals surface area contributed by atoms with Crippen LogP contribution >= 0.6 is 11.6 Å². The van der Waals surface area contributed by atoms with Crippen LogP contribution in [0.2, 0.25) is 5.02 Å². The van der Waals surface area contributed by atoms with Gasteiger partial charge in [-0.15, -0.1) is 0 Å². The number of aliphatic hydroxyl groups is 4. The van der Waals surface area contributed by atoms with Crippen LogP contribution in [0.25, 0.3) is 0 Å². The van der Waals surface area contributed by atoms with Crippen LogP contribution in [0.4, 0.5) is 0 Å². The zero-order valence-corrected chi connectivity index (χ0v) is 15.5. The van der Waals surface area contributed by atoms with Crippen molar-refractivity contribution in [3.8, 4) is 5.75 Å². The van der Waals surface area contributed by atoms with E-state index in [4.69, 9.17) is 16.3 Å². The topological polar surface area (TPSA) is 93.4 Å². The van der Waals surface area contributed by atoms with Crippen LogP contribution < -0.4 is 4.74 Å². The molecule has 4 atom stereocenters. The SMILES string of the molecule is OC[C@H]1[C@@H](O)[C@H](O)[C@@H](O)CN1Cc1ccc(OCc2ccccc2)c(Cl)c1. The molecule has 0 aromatic heterocycles. The van der Waals surface area contributed by atoms with Gasteiger partial charge in [0.2, 0.25) is 0 Å². The number of aliphatic hydroxyl groups excluding tert-OH is 4. The normalized spacial score (nSPS) is 26.1. The molecule has 3 rings (SSSR count). The average molecular weight is 394 g/mol. The summed E-state index contributed by atoms with van der Waals surface area (Å²) in [6, 6.07) is 14.5. The highest BCUT2D eigenvalue weighted by molar-refractivity contribution is 6.32. The molecular formula is C20H24ClNO5. The smallest absolute Gasteiger partial charge is 0.138 e. The van der Waals surface area contributed by atoms with E-state index in [9.17, 15) is 20.4 Å². The lowest BCUT2D eigenvalue weighted by molar-refractivity contribution is -0.147. The summed E-state index contributed by atoms with van der Waals surface area (Å²) in [6.45, 7) is 0.601. The summed E-state index contributed by atoms with van der Waals surface area (Å²) in [6.07, 6.45) is -3.56. The van der Waals surface area contributed by atoms with Crippen LogP contribution in [-0.4, -0.2) is 62.8 Å². The zero-order chi connectivity index (χ0) is 19.4. The van der Waals surface area contributed by atoms with Crippen LogP contribution in [-0.2, 0) is 13.2 Å². The summed E-state index contributed by atoms with van der Waals surface area (Å²) in [4.78, 5) is 1.73. The molecule has 0 radical (unpaired) electrons. The predicted octanol–water partition coefficient (Wildman–Crippen LogP) is 1.18. The molecule has 1 fully saturated rings. The van der Waals surface area contributed by atoms with Gasteiger partial charge in [0.15, 0.2) is 0 Å².